The lowest BCUT2D eigenvalue weighted by molar-refractivity contribution is -0.280. The summed E-state index contributed by atoms with van der Waals surface area (Å²) in [6.07, 6.45) is -7.06. The second-order valence-electron chi connectivity index (χ2n) is 7.66. The van der Waals surface area contributed by atoms with Crippen LogP contribution in [0.4, 0.5) is 0 Å². The quantitative estimate of drug-likeness (QED) is 0.228. The lowest BCUT2D eigenvalue weighted by Gasteiger charge is -2.39. The van der Waals surface area contributed by atoms with Crippen LogP contribution in [0.25, 0.3) is 6.08 Å². The summed E-state index contributed by atoms with van der Waals surface area (Å²) in [6.45, 7) is -0.616. The maximum Gasteiger partial charge on any atom is 0.195 e. The Kier molecular flexibility index (Phi) is 7.66. The van der Waals surface area contributed by atoms with E-state index in [0.29, 0.717) is 5.56 Å². The largest absolute Gasteiger partial charge is 1.00 e. The first-order valence-corrected chi connectivity index (χ1v) is 10.0. The molecule has 4 rings (SSSR count). The van der Waals surface area contributed by atoms with Gasteiger partial charge in [-0.1, -0.05) is 6.07 Å². The van der Waals surface area contributed by atoms with E-state index in [4.69, 9.17) is 18.9 Å². The highest BCUT2D eigenvalue weighted by molar-refractivity contribution is 5.69. The fourth-order valence-electron chi connectivity index (χ4n) is 3.76. The summed E-state index contributed by atoms with van der Waals surface area (Å²) >= 11 is 0. The minimum atomic E-state index is -1.67. The van der Waals surface area contributed by atoms with Gasteiger partial charge in [0.25, 0.3) is 0 Å². The summed E-state index contributed by atoms with van der Waals surface area (Å²) in [7, 11) is 1.38. The van der Waals surface area contributed by atoms with Crippen LogP contribution in [0.2, 0.25) is 0 Å². The van der Waals surface area contributed by atoms with E-state index in [9.17, 15) is 35.7 Å². The van der Waals surface area contributed by atoms with E-state index in [-0.39, 0.29) is 52.5 Å². The lowest BCUT2D eigenvalue weighted by atomic mass is 9.99. The Morgan fingerprint density at radius 3 is 2.38 bits per heavy atom. The van der Waals surface area contributed by atoms with Crippen LogP contribution in [-0.2, 0) is 4.74 Å². The average Bonchev–Trinajstić information content (AvgIpc) is 2.79. The average molecular weight is 500 g/mol. The summed E-state index contributed by atoms with van der Waals surface area (Å²) in [5, 5.41) is 70.3. The van der Waals surface area contributed by atoms with Gasteiger partial charge in [-0.25, -0.2) is 0 Å². The number of phenols is 2. The van der Waals surface area contributed by atoms with E-state index in [2.05, 4.69) is 0 Å². The molecule has 0 amide bonds. The van der Waals surface area contributed by atoms with E-state index in [1.54, 1.807) is 0 Å². The number of halogens is 1. The van der Waals surface area contributed by atoms with Gasteiger partial charge in [-0.15, -0.1) is 0 Å². The van der Waals surface area contributed by atoms with Crippen LogP contribution in [0.5, 0.6) is 28.7 Å². The molecular formula is C22H24ClO11-. The predicted molar refractivity (Wildman–Crippen MR) is 111 cm³/mol. The molecule has 2 aliphatic rings. The number of ether oxygens (including phenoxy) is 4. The van der Waals surface area contributed by atoms with Crippen molar-refractivity contribution in [2.24, 2.45) is 0 Å². The molecule has 1 saturated heterocycles. The summed E-state index contributed by atoms with van der Waals surface area (Å²) in [4.78, 5) is 0. The normalized spacial score (nSPS) is 28.1. The van der Waals surface area contributed by atoms with Gasteiger partial charge in [0.05, 0.1) is 19.3 Å². The molecule has 1 unspecified atom stereocenters. The lowest BCUT2D eigenvalue weighted by Crippen LogP contribution is -3.00. The van der Waals surface area contributed by atoms with Crippen LogP contribution < -0.4 is 26.6 Å². The van der Waals surface area contributed by atoms with Crippen LogP contribution in [0, 0.1) is 0 Å². The molecule has 0 radical (unpaired) electrons. The van der Waals surface area contributed by atoms with Gasteiger partial charge in [-0.3, -0.25) is 0 Å². The SMILES string of the molecule is COc1cc(C2Oc3cc(O[C@@H]4[C@@H](O)[C@@H](O)[C@@H](CO)O[C@H]4O)cc(O)c3C=C2O)ccc1O.[Cl-]. The van der Waals surface area contributed by atoms with Crippen LogP contribution >= 0.6 is 0 Å². The van der Waals surface area contributed by atoms with E-state index in [1.165, 1.54) is 43.5 Å². The van der Waals surface area contributed by atoms with Gasteiger partial charge in [-0.2, -0.15) is 0 Å². The Balaban J connectivity index is 0.00000324. The third-order valence-electron chi connectivity index (χ3n) is 5.52. The summed E-state index contributed by atoms with van der Waals surface area (Å²) < 4.78 is 21.6. The highest BCUT2D eigenvalue weighted by Crippen LogP contribution is 2.44. The standard InChI is InChI=1S/C22H24O11.ClH/c1-30-16-4-9(2-3-12(16)24)20-14(26)7-11-13(25)5-10(6-15(11)32-20)31-21-19(28)18(27)17(8-23)33-22(21)29;/h2-7,17-29H,8H2,1H3;1H/p-1/t17-,18+,19+,20?,21-,22-;/m1./s1. The van der Waals surface area contributed by atoms with Crippen LogP contribution in [0.1, 0.15) is 17.2 Å². The fraction of sp³-hybridized carbons (Fsp3) is 0.364. The minimum Gasteiger partial charge on any atom is -1.00 e. The number of aromatic hydroxyl groups is 2. The van der Waals surface area contributed by atoms with Crippen molar-refractivity contribution in [1.82, 2.24) is 0 Å². The van der Waals surface area contributed by atoms with Gasteiger partial charge in [0, 0.05) is 17.7 Å². The second-order valence-corrected chi connectivity index (χ2v) is 7.66. The molecule has 34 heavy (non-hydrogen) atoms. The third kappa shape index (κ3) is 4.67. The van der Waals surface area contributed by atoms with Gasteiger partial charge in [0.1, 0.15) is 41.3 Å². The highest BCUT2D eigenvalue weighted by Gasteiger charge is 2.45. The Morgan fingerprint density at radius 2 is 1.71 bits per heavy atom. The highest BCUT2D eigenvalue weighted by atomic mass is 35.5. The number of hydrogen-bond donors (Lipinski definition) is 7. The molecule has 0 aliphatic carbocycles. The zero-order chi connectivity index (χ0) is 23.9. The minimum absolute atomic E-state index is 0. The number of methoxy groups -OCH3 is 1. The monoisotopic (exact) mass is 499 g/mol. The van der Waals surface area contributed by atoms with Crippen LogP contribution in [0.15, 0.2) is 36.1 Å². The molecular weight excluding hydrogens is 476 g/mol. The van der Waals surface area contributed by atoms with Crippen LogP contribution in [-0.4, -0.2) is 80.2 Å². The van der Waals surface area contributed by atoms with E-state index < -0.39 is 43.4 Å². The molecule has 6 atom stereocenters. The molecule has 2 aromatic carbocycles. The van der Waals surface area contributed by atoms with E-state index in [0.717, 1.165) is 0 Å². The Bertz CT molecular complexity index is 1060. The topological polar surface area (TPSA) is 179 Å². The zero-order valence-corrected chi connectivity index (χ0v) is 18.5. The summed E-state index contributed by atoms with van der Waals surface area (Å²) in [6, 6.07) is 6.95. The van der Waals surface area contributed by atoms with Gasteiger partial charge in [-0.05, 0) is 18.2 Å². The van der Waals surface area contributed by atoms with Crippen molar-refractivity contribution in [3.8, 4) is 28.7 Å². The van der Waals surface area contributed by atoms with Crippen molar-refractivity contribution in [2.75, 3.05) is 13.7 Å². The van der Waals surface area contributed by atoms with Gasteiger partial charge in [0.2, 0.25) is 0 Å². The number of benzene rings is 2. The second kappa shape index (κ2) is 10.1. The molecule has 2 aliphatic heterocycles. The Labute approximate surface area is 200 Å². The third-order valence-corrected chi connectivity index (χ3v) is 5.52. The summed E-state index contributed by atoms with van der Waals surface area (Å²) in [5.74, 6) is -0.339. The zero-order valence-electron chi connectivity index (χ0n) is 17.8. The Morgan fingerprint density at radius 1 is 0.971 bits per heavy atom. The molecule has 7 N–H and O–H groups in total. The van der Waals surface area contributed by atoms with Crippen molar-refractivity contribution in [3.05, 3.63) is 47.2 Å². The van der Waals surface area contributed by atoms with Crippen molar-refractivity contribution >= 4 is 6.08 Å². The van der Waals surface area contributed by atoms with E-state index >= 15 is 0 Å². The first kappa shape index (κ1) is 25.7. The molecule has 0 bridgehead atoms. The molecule has 12 heteroatoms. The first-order chi connectivity index (χ1) is 15.7. The molecule has 0 aromatic heterocycles. The van der Waals surface area contributed by atoms with Crippen molar-refractivity contribution < 1.29 is 67.1 Å². The first-order valence-electron chi connectivity index (χ1n) is 10.0. The number of phenolic OH excluding ortho intramolecular Hbond substituents is 2. The van der Waals surface area contributed by atoms with Crippen LogP contribution in [0.3, 0.4) is 0 Å². The van der Waals surface area contributed by atoms with Gasteiger partial charge in [0.15, 0.2) is 30.0 Å². The molecule has 0 saturated carbocycles. The molecule has 186 valence electrons. The maximum atomic E-state index is 10.5. The predicted octanol–water partition coefficient (Wildman–Crippen LogP) is -2.68. The number of fused-ring (bicyclic) bond motifs is 1. The molecule has 0 spiro atoms. The van der Waals surface area contributed by atoms with E-state index in [1.807, 2.05) is 0 Å². The molecule has 2 heterocycles. The van der Waals surface area contributed by atoms with Crippen molar-refractivity contribution in [2.45, 2.75) is 36.8 Å². The smallest absolute Gasteiger partial charge is 0.195 e. The molecule has 11 nitrogen and oxygen atoms in total. The fourth-order valence-corrected chi connectivity index (χ4v) is 3.76. The number of rotatable bonds is 5. The number of aliphatic hydroxyl groups is 5. The molecule has 2 aromatic rings. The Hall–Kier alpha value is -2.93. The van der Waals surface area contributed by atoms with Crippen molar-refractivity contribution in [3.63, 3.8) is 0 Å². The maximum absolute atomic E-state index is 10.5. The number of aliphatic hydroxyl groups excluding tert-OH is 5. The number of hydrogen-bond acceptors (Lipinski definition) is 11. The van der Waals surface area contributed by atoms with Gasteiger partial charge < -0.3 is 67.1 Å². The van der Waals surface area contributed by atoms with Gasteiger partial charge >= 0.3 is 0 Å². The summed E-state index contributed by atoms with van der Waals surface area (Å²) in [5.41, 5.74) is 0.628. The van der Waals surface area contributed by atoms with Crippen molar-refractivity contribution in [1.29, 1.82) is 0 Å². The molecule has 1 fully saturated rings.